The summed E-state index contributed by atoms with van der Waals surface area (Å²) in [4.78, 5) is 24.5. The molecule has 0 aromatic heterocycles. The predicted octanol–water partition coefficient (Wildman–Crippen LogP) is 20.1. The normalized spacial score (nSPS) is 12.9. The summed E-state index contributed by atoms with van der Waals surface area (Å²) in [7, 11) is 0. The highest BCUT2D eigenvalue weighted by atomic mass is 16.5. The summed E-state index contributed by atoms with van der Waals surface area (Å²) < 4.78 is 5.49. The van der Waals surface area contributed by atoms with E-state index in [9.17, 15) is 19.8 Å². The first kappa shape index (κ1) is 69.8. The first-order chi connectivity index (χ1) is 35.5. The Kier molecular flexibility index (Phi) is 59.5. The lowest BCUT2D eigenvalue weighted by Crippen LogP contribution is -2.45. The maximum Gasteiger partial charge on any atom is 0.305 e. The summed E-state index contributed by atoms with van der Waals surface area (Å²) in [5, 5.41) is 23.1. The molecule has 72 heavy (non-hydrogen) atoms. The molecule has 1 amide bonds. The number of ether oxygens (including phenoxy) is 1. The number of hydrogen-bond donors (Lipinski definition) is 3. The molecule has 2 atom stereocenters. The molecule has 0 bridgehead atoms. The van der Waals surface area contributed by atoms with Gasteiger partial charge in [-0.1, -0.05) is 281 Å². The van der Waals surface area contributed by atoms with Gasteiger partial charge in [0.15, 0.2) is 0 Å². The van der Waals surface area contributed by atoms with Gasteiger partial charge in [-0.3, -0.25) is 9.59 Å². The van der Waals surface area contributed by atoms with E-state index in [-0.39, 0.29) is 18.5 Å². The molecule has 0 spiro atoms. The van der Waals surface area contributed by atoms with E-state index in [1.54, 1.807) is 6.08 Å². The standard InChI is InChI=1S/C66H123NO5/c1-3-5-7-9-11-13-15-17-19-28-32-36-40-44-48-52-56-60-66(71)72-61-57-53-49-45-41-37-33-30-27-25-23-21-20-22-24-26-29-31-35-39-43-47-51-55-59-65(70)67-63(62-68)64(69)58-54-50-46-42-38-34-18-16-14-12-10-8-6-4-2/h11,13,17,19,22,24,54,58,63-64,68-69H,3-10,12,14-16,18,20-21,23,25-53,55-57,59-62H2,1-2H3,(H,67,70)/b13-11-,19-17-,24-22-,58-54+. The van der Waals surface area contributed by atoms with Crippen molar-refractivity contribution in [3.63, 3.8) is 0 Å². The first-order valence-electron chi connectivity index (χ1n) is 31.9. The predicted molar refractivity (Wildman–Crippen MR) is 315 cm³/mol. The Labute approximate surface area is 448 Å². The van der Waals surface area contributed by atoms with Crippen molar-refractivity contribution < 1.29 is 24.5 Å². The number of rotatable bonds is 59. The minimum absolute atomic E-state index is 0.00404. The Morgan fingerprint density at radius 1 is 0.389 bits per heavy atom. The van der Waals surface area contributed by atoms with Crippen molar-refractivity contribution in [2.75, 3.05) is 13.2 Å². The summed E-state index contributed by atoms with van der Waals surface area (Å²) in [5.41, 5.74) is 0. The third-order valence-corrected chi connectivity index (χ3v) is 14.6. The fourth-order valence-corrected chi connectivity index (χ4v) is 9.66. The van der Waals surface area contributed by atoms with Crippen molar-refractivity contribution in [2.45, 2.75) is 347 Å². The second-order valence-electron chi connectivity index (χ2n) is 21.7. The molecule has 0 heterocycles. The quantitative estimate of drug-likeness (QED) is 0.0320. The van der Waals surface area contributed by atoms with Crippen LogP contribution in [0, 0.1) is 0 Å². The van der Waals surface area contributed by atoms with Gasteiger partial charge < -0.3 is 20.3 Å². The molecule has 2 unspecified atom stereocenters. The highest BCUT2D eigenvalue weighted by Gasteiger charge is 2.18. The number of hydrogen-bond acceptors (Lipinski definition) is 5. The van der Waals surface area contributed by atoms with Crippen molar-refractivity contribution in [1.82, 2.24) is 5.32 Å². The van der Waals surface area contributed by atoms with E-state index in [2.05, 4.69) is 55.6 Å². The molecule has 0 fully saturated rings. The van der Waals surface area contributed by atoms with Crippen LogP contribution < -0.4 is 5.32 Å². The summed E-state index contributed by atoms with van der Waals surface area (Å²) in [6.45, 7) is 4.88. The van der Waals surface area contributed by atoms with Gasteiger partial charge in [0, 0.05) is 12.8 Å². The van der Waals surface area contributed by atoms with Crippen LogP contribution in [0.5, 0.6) is 0 Å². The Bertz CT molecular complexity index is 1210. The van der Waals surface area contributed by atoms with Crippen molar-refractivity contribution >= 4 is 11.9 Å². The third-order valence-electron chi connectivity index (χ3n) is 14.6. The summed E-state index contributed by atoms with van der Waals surface area (Å²) >= 11 is 0. The SMILES string of the molecule is CCCCC/C=C\C/C=C\CCCCCCCCCC(=O)OCCCCCCCCCCCCCC/C=C\CCCCCCCCCCC(=O)NC(CO)C(O)/C=C/CCCCCCCCCCCCCC. The number of allylic oxidation sites excluding steroid dienone is 7. The second-order valence-corrected chi connectivity index (χ2v) is 21.7. The number of unbranched alkanes of at least 4 members (excludes halogenated alkanes) is 42. The average molecular weight is 1010 g/mol. The molecule has 6 heteroatoms. The van der Waals surface area contributed by atoms with E-state index in [0.29, 0.717) is 19.4 Å². The minimum Gasteiger partial charge on any atom is -0.466 e. The largest absolute Gasteiger partial charge is 0.466 e. The zero-order valence-corrected chi connectivity index (χ0v) is 48.2. The van der Waals surface area contributed by atoms with E-state index >= 15 is 0 Å². The third kappa shape index (κ3) is 57.1. The molecule has 6 nitrogen and oxygen atoms in total. The molecule has 0 rings (SSSR count). The molecule has 0 aliphatic rings. The summed E-state index contributed by atoms with van der Waals surface area (Å²) in [5.74, 6) is -0.0682. The molecule has 0 aromatic rings. The van der Waals surface area contributed by atoms with Crippen LogP contribution in [0.2, 0.25) is 0 Å². The molecule has 0 radical (unpaired) electrons. The Balaban J connectivity index is 3.42. The fourth-order valence-electron chi connectivity index (χ4n) is 9.66. The van der Waals surface area contributed by atoms with Crippen LogP contribution in [-0.4, -0.2) is 47.4 Å². The number of aliphatic hydroxyl groups excluding tert-OH is 2. The topological polar surface area (TPSA) is 95.9 Å². The van der Waals surface area contributed by atoms with E-state index in [1.807, 2.05) is 6.08 Å². The highest BCUT2D eigenvalue weighted by Crippen LogP contribution is 2.17. The number of aliphatic hydroxyl groups is 2. The van der Waals surface area contributed by atoms with Gasteiger partial charge in [-0.2, -0.15) is 0 Å². The lowest BCUT2D eigenvalue weighted by molar-refractivity contribution is -0.143. The van der Waals surface area contributed by atoms with E-state index in [1.165, 1.54) is 257 Å². The summed E-state index contributed by atoms with van der Waals surface area (Å²) in [6, 6.07) is -0.631. The Morgan fingerprint density at radius 3 is 1.10 bits per heavy atom. The smallest absolute Gasteiger partial charge is 0.305 e. The van der Waals surface area contributed by atoms with Gasteiger partial charge in [-0.15, -0.1) is 0 Å². The molecular weight excluding hydrogens is 887 g/mol. The second kappa shape index (κ2) is 61.4. The molecule has 0 aliphatic heterocycles. The molecule has 0 saturated heterocycles. The average Bonchev–Trinajstić information content (AvgIpc) is 3.38. The maximum absolute atomic E-state index is 12.5. The lowest BCUT2D eigenvalue weighted by atomic mass is 10.0. The highest BCUT2D eigenvalue weighted by molar-refractivity contribution is 5.76. The monoisotopic (exact) mass is 1010 g/mol. The van der Waals surface area contributed by atoms with Crippen LogP contribution in [0.15, 0.2) is 48.6 Å². The maximum atomic E-state index is 12.5. The van der Waals surface area contributed by atoms with Crippen LogP contribution in [0.4, 0.5) is 0 Å². The van der Waals surface area contributed by atoms with Gasteiger partial charge in [0.05, 0.1) is 25.4 Å². The summed E-state index contributed by atoms with van der Waals surface area (Å²) in [6.07, 6.45) is 78.7. The fraction of sp³-hybridized carbons (Fsp3) is 0.848. The van der Waals surface area contributed by atoms with E-state index in [0.717, 1.165) is 51.4 Å². The van der Waals surface area contributed by atoms with Crippen LogP contribution in [0.3, 0.4) is 0 Å². The van der Waals surface area contributed by atoms with E-state index in [4.69, 9.17) is 4.74 Å². The first-order valence-corrected chi connectivity index (χ1v) is 31.9. The molecule has 0 aliphatic carbocycles. The van der Waals surface area contributed by atoms with Gasteiger partial charge in [0.25, 0.3) is 0 Å². The van der Waals surface area contributed by atoms with Crippen LogP contribution in [0.25, 0.3) is 0 Å². The van der Waals surface area contributed by atoms with Gasteiger partial charge >= 0.3 is 5.97 Å². The number of nitrogens with one attached hydrogen (secondary N) is 1. The molecular formula is C66H123NO5. The molecule has 422 valence electrons. The zero-order chi connectivity index (χ0) is 52.2. The molecule has 0 saturated carbocycles. The van der Waals surface area contributed by atoms with Gasteiger partial charge in [-0.05, 0) is 89.9 Å². The van der Waals surface area contributed by atoms with Gasteiger partial charge in [-0.25, -0.2) is 0 Å². The van der Waals surface area contributed by atoms with Crippen molar-refractivity contribution in [1.29, 1.82) is 0 Å². The lowest BCUT2D eigenvalue weighted by Gasteiger charge is -2.20. The van der Waals surface area contributed by atoms with Gasteiger partial charge in [0.2, 0.25) is 5.91 Å². The Morgan fingerprint density at radius 2 is 0.694 bits per heavy atom. The minimum atomic E-state index is -0.847. The number of amides is 1. The zero-order valence-electron chi connectivity index (χ0n) is 48.2. The van der Waals surface area contributed by atoms with Crippen molar-refractivity contribution in [2.24, 2.45) is 0 Å². The number of esters is 1. The van der Waals surface area contributed by atoms with Crippen molar-refractivity contribution in [3.8, 4) is 0 Å². The van der Waals surface area contributed by atoms with Crippen LogP contribution in [-0.2, 0) is 14.3 Å². The van der Waals surface area contributed by atoms with E-state index < -0.39 is 12.1 Å². The van der Waals surface area contributed by atoms with Crippen LogP contribution >= 0.6 is 0 Å². The molecule has 0 aromatic carbocycles. The van der Waals surface area contributed by atoms with Gasteiger partial charge in [0.1, 0.15) is 0 Å². The number of carbonyl (C=O) groups is 2. The molecule has 3 N–H and O–H groups in total. The van der Waals surface area contributed by atoms with Crippen molar-refractivity contribution in [3.05, 3.63) is 48.6 Å². The Hall–Kier alpha value is -2.18. The van der Waals surface area contributed by atoms with Crippen LogP contribution in [0.1, 0.15) is 335 Å². The number of carbonyl (C=O) groups excluding carboxylic acids is 2.